The van der Waals surface area contributed by atoms with Gasteiger partial charge in [-0.05, 0) is 90.3 Å². The highest BCUT2D eigenvalue weighted by molar-refractivity contribution is 5.94. The predicted octanol–water partition coefficient (Wildman–Crippen LogP) is 6.85. The van der Waals surface area contributed by atoms with Crippen LogP contribution in [0.4, 0.5) is 13.2 Å². The lowest BCUT2D eigenvalue weighted by Gasteiger charge is -2.19. The Kier molecular flexibility index (Phi) is 7.28. The minimum atomic E-state index is -0.347. The first-order chi connectivity index (χ1) is 16.5. The second-order valence-corrected chi connectivity index (χ2v) is 7.78. The van der Waals surface area contributed by atoms with Crippen LogP contribution in [0.15, 0.2) is 97.1 Å². The summed E-state index contributed by atoms with van der Waals surface area (Å²) in [6.07, 6.45) is 0.550. The normalized spacial score (nSPS) is 10.8. The van der Waals surface area contributed by atoms with E-state index >= 15 is 0 Å². The van der Waals surface area contributed by atoms with E-state index in [-0.39, 0.29) is 29.3 Å². The molecule has 0 unspecified atom stereocenters. The van der Waals surface area contributed by atoms with Crippen LogP contribution in [-0.2, 0) is 0 Å². The van der Waals surface area contributed by atoms with Crippen molar-refractivity contribution in [3.05, 3.63) is 131 Å². The molecule has 3 nitrogen and oxygen atoms in total. The fraction of sp³-hybridized carbons (Fsp3) is 0.107. The molecule has 0 spiro atoms. The first kappa shape index (κ1) is 23.1. The van der Waals surface area contributed by atoms with Crippen molar-refractivity contribution in [3.63, 3.8) is 0 Å². The van der Waals surface area contributed by atoms with Gasteiger partial charge in [-0.25, -0.2) is 13.2 Å². The Labute approximate surface area is 195 Å². The zero-order chi connectivity index (χ0) is 23.9. The predicted molar refractivity (Wildman–Crippen MR) is 125 cm³/mol. The monoisotopic (exact) mass is 461 g/mol. The van der Waals surface area contributed by atoms with Crippen molar-refractivity contribution >= 4 is 5.91 Å². The van der Waals surface area contributed by atoms with Crippen LogP contribution in [0.5, 0.6) is 11.5 Å². The number of benzene rings is 4. The Hall–Kier alpha value is -4.06. The van der Waals surface area contributed by atoms with Gasteiger partial charge in [0, 0.05) is 18.0 Å². The molecule has 0 aromatic heterocycles. The average Bonchev–Trinajstić information content (AvgIpc) is 2.85. The maximum atomic E-state index is 13.4. The Morgan fingerprint density at radius 1 is 0.647 bits per heavy atom. The molecule has 0 fully saturated rings. The van der Waals surface area contributed by atoms with Crippen LogP contribution < -0.4 is 10.1 Å². The number of nitrogens with one attached hydrogen (secondary N) is 1. The zero-order valence-electron chi connectivity index (χ0n) is 18.2. The van der Waals surface area contributed by atoms with Crippen molar-refractivity contribution in [1.29, 1.82) is 0 Å². The quantitative estimate of drug-likeness (QED) is 0.312. The van der Waals surface area contributed by atoms with E-state index in [1.165, 1.54) is 48.5 Å². The summed E-state index contributed by atoms with van der Waals surface area (Å²) in [5, 5.41) is 2.90. The zero-order valence-corrected chi connectivity index (χ0v) is 18.2. The molecule has 0 aliphatic heterocycles. The largest absolute Gasteiger partial charge is 0.457 e. The molecule has 0 radical (unpaired) electrons. The van der Waals surface area contributed by atoms with Gasteiger partial charge in [-0.2, -0.15) is 0 Å². The SMILES string of the molecule is O=C(NCCC(c1ccc(F)cc1)c1ccc(F)cc1)c1ccc(Oc2ccc(F)cc2)cc1. The number of ether oxygens (including phenoxy) is 1. The Morgan fingerprint density at radius 3 is 1.53 bits per heavy atom. The minimum absolute atomic E-state index is 0.131. The summed E-state index contributed by atoms with van der Waals surface area (Å²) >= 11 is 0. The highest BCUT2D eigenvalue weighted by Crippen LogP contribution is 2.28. The van der Waals surface area contributed by atoms with E-state index in [1.807, 2.05) is 0 Å². The van der Waals surface area contributed by atoms with Crippen LogP contribution in [0.1, 0.15) is 33.8 Å². The summed E-state index contributed by atoms with van der Waals surface area (Å²) in [6, 6.07) is 24.6. The number of carbonyl (C=O) groups is 1. The highest BCUT2D eigenvalue weighted by atomic mass is 19.1. The molecular formula is C28H22F3NO2. The molecule has 0 heterocycles. The van der Waals surface area contributed by atoms with Crippen molar-refractivity contribution in [1.82, 2.24) is 5.32 Å². The molecule has 1 amide bonds. The van der Waals surface area contributed by atoms with Gasteiger partial charge >= 0.3 is 0 Å². The fourth-order valence-electron chi connectivity index (χ4n) is 3.66. The summed E-state index contributed by atoms with van der Waals surface area (Å²) in [5.41, 5.74) is 2.22. The molecule has 0 aliphatic carbocycles. The maximum absolute atomic E-state index is 13.4. The minimum Gasteiger partial charge on any atom is -0.457 e. The molecule has 0 bridgehead atoms. The third-order valence-electron chi connectivity index (χ3n) is 5.43. The van der Waals surface area contributed by atoms with Crippen molar-refractivity contribution in [2.24, 2.45) is 0 Å². The van der Waals surface area contributed by atoms with Crippen LogP contribution in [0.3, 0.4) is 0 Å². The lowest BCUT2D eigenvalue weighted by molar-refractivity contribution is 0.0953. The standard InChI is InChI=1S/C28H22F3NO2/c29-22-7-1-19(2-8-22)27(20-3-9-23(30)10-4-20)17-18-32-28(33)21-5-13-25(14-6-21)34-26-15-11-24(31)12-16-26/h1-16,27H,17-18H2,(H,32,33). The van der Waals surface area contributed by atoms with E-state index in [0.717, 1.165) is 11.1 Å². The van der Waals surface area contributed by atoms with E-state index in [0.29, 0.717) is 30.0 Å². The molecule has 172 valence electrons. The lowest BCUT2D eigenvalue weighted by atomic mass is 9.88. The van der Waals surface area contributed by atoms with Gasteiger partial charge in [0.15, 0.2) is 0 Å². The summed E-state index contributed by atoms with van der Waals surface area (Å²) < 4.78 is 45.4. The lowest BCUT2D eigenvalue weighted by Crippen LogP contribution is -2.25. The van der Waals surface area contributed by atoms with Crippen molar-refractivity contribution in [3.8, 4) is 11.5 Å². The molecule has 0 atom stereocenters. The number of hydrogen-bond acceptors (Lipinski definition) is 2. The number of rotatable bonds is 8. The molecule has 6 heteroatoms. The fourth-order valence-corrected chi connectivity index (χ4v) is 3.66. The molecule has 0 saturated carbocycles. The number of halogens is 3. The van der Waals surface area contributed by atoms with E-state index < -0.39 is 0 Å². The topological polar surface area (TPSA) is 38.3 Å². The molecule has 1 N–H and O–H groups in total. The molecule has 0 saturated heterocycles. The number of hydrogen-bond donors (Lipinski definition) is 1. The number of amides is 1. The Morgan fingerprint density at radius 2 is 1.06 bits per heavy atom. The molecular weight excluding hydrogens is 439 g/mol. The van der Waals surface area contributed by atoms with Crippen molar-refractivity contribution < 1.29 is 22.7 Å². The first-order valence-electron chi connectivity index (χ1n) is 10.8. The second-order valence-electron chi connectivity index (χ2n) is 7.78. The van der Waals surface area contributed by atoms with Crippen LogP contribution >= 0.6 is 0 Å². The first-order valence-corrected chi connectivity index (χ1v) is 10.8. The Bertz CT molecular complexity index is 1180. The van der Waals surface area contributed by atoms with Gasteiger partial charge in [0.05, 0.1) is 0 Å². The summed E-state index contributed by atoms with van der Waals surface area (Å²) in [7, 11) is 0. The smallest absolute Gasteiger partial charge is 0.251 e. The van der Waals surface area contributed by atoms with E-state index in [4.69, 9.17) is 4.74 Å². The number of carbonyl (C=O) groups excluding carboxylic acids is 1. The molecule has 0 aliphatic rings. The molecule has 4 rings (SSSR count). The second kappa shape index (κ2) is 10.7. The van der Waals surface area contributed by atoms with E-state index in [9.17, 15) is 18.0 Å². The van der Waals surface area contributed by atoms with Gasteiger partial charge < -0.3 is 10.1 Å². The highest BCUT2D eigenvalue weighted by Gasteiger charge is 2.15. The summed E-state index contributed by atoms with van der Waals surface area (Å²) in [4.78, 5) is 12.6. The van der Waals surface area contributed by atoms with Crippen molar-refractivity contribution in [2.75, 3.05) is 6.54 Å². The molecule has 4 aromatic rings. The maximum Gasteiger partial charge on any atom is 0.251 e. The van der Waals surface area contributed by atoms with E-state index in [1.54, 1.807) is 48.5 Å². The molecule has 34 heavy (non-hydrogen) atoms. The van der Waals surface area contributed by atoms with Crippen molar-refractivity contribution in [2.45, 2.75) is 12.3 Å². The van der Waals surface area contributed by atoms with Crippen LogP contribution in [-0.4, -0.2) is 12.5 Å². The van der Waals surface area contributed by atoms with Crippen LogP contribution in [0, 0.1) is 17.5 Å². The van der Waals surface area contributed by atoms with Gasteiger partial charge in [-0.3, -0.25) is 4.79 Å². The summed E-state index contributed by atoms with van der Waals surface area (Å²) in [6.45, 7) is 0.367. The van der Waals surface area contributed by atoms with Gasteiger partial charge in [0.25, 0.3) is 5.91 Å². The van der Waals surface area contributed by atoms with Crippen LogP contribution in [0.2, 0.25) is 0 Å². The third-order valence-corrected chi connectivity index (χ3v) is 5.43. The molecule has 4 aromatic carbocycles. The van der Waals surface area contributed by atoms with Crippen LogP contribution in [0.25, 0.3) is 0 Å². The van der Waals surface area contributed by atoms with Gasteiger partial charge in [-0.1, -0.05) is 24.3 Å². The van der Waals surface area contributed by atoms with E-state index in [2.05, 4.69) is 5.32 Å². The summed E-state index contributed by atoms with van der Waals surface area (Å²) in [5.74, 6) is -0.371. The van der Waals surface area contributed by atoms with Gasteiger partial charge in [0.1, 0.15) is 29.0 Å². The van der Waals surface area contributed by atoms with Gasteiger partial charge in [0.2, 0.25) is 0 Å². The Balaban J connectivity index is 1.38. The van der Waals surface area contributed by atoms with Gasteiger partial charge in [-0.15, -0.1) is 0 Å². The third kappa shape index (κ3) is 6.04. The average molecular weight is 461 g/mol.